The molecule has 106 valence electrons. The van der Waals surface area contributed by atoms with Crippen molar-refractivity contribution in [2.75, 3.05) is 13.7 Å². The molecule has 0 fully saturated rings. The van der Waals surface area contributed by atoms with Gasteiger partial charge in [-0.1, -0.05) is 0 Å². The molecule has 0 aliphatic carbocycles. The lowest BCUT2D eigenvalue weighted by atomic mass is 10.2. The lowest BCUT2D eigenvalue weighted by Crippen LogP contribution is -2.10. The zero-order chi connectivity index (χ0) is 14.5. The molecule has 0 heterocycles. The van der Waals surface area contributed by atoms with Gasteiger partial charge in [-0.25, -0.2) is 4.79 Å². The molecule has 0 atom stereocenters. The summed E-state index contributed by atoms with van der Waals surface area (Å²) in [4.78, 5) is 10.8. The molecule has 0 aromatic heterocycles. The number of ether oxygens (including phenoxy) is 2. The molecule has 0 radical (unpaired) electrons. The summed E-state index contributed by atoms with van der Waals surface area (Å²) < 4.78 is 45.7. The number of carbonyl (C=O) groups is 1. The van der Waals surface area contributed by atoms with E-state index in [0.717, 1.165) is 0 Å². The molecule has 19 heavy (non-hydrogen) atoms. The first-order chi connectivity index (χ1) is 8.83. The lowest BCUT2D eigenvalue weighted by molar-refractivity contribution is -0.136. The Morgan fingerprint density at radius 2 is 2.05 bits per heavy atom. The van der Waals surface area contributed by atoms with E-state index in [4.69, 9.17) is 14.6 Å². The van der Waals surface area contributed by atoms with E-state index in [-0.39, 0.29) is 30.1 Å². The Balaban J connectivity index is 2.58. The monoisotopic (exact) mass is 278 g/mol. The average Bonchev–Trinajstić information content (AvgIpc) is 2.33. The summed E-state index contributed by atoms with van der Waals surface area (Å²) in [5.41, 5.74) is -0.0369. The highest BCUT2D eigenvalue weighted by molar-refractivity contribution is 5.91. The van der Waals surface area contributed by atoms with Gasteiger partial charge >= 0.3 is 12.1 Å². The van der Waals surface area contributed by atoms with Gasteiger partial charge in [-0.3, -0.25) is 0 Å². The molecular formula is C12H13F3O4. The van der Waals surface area contributed by atoms with Gasteiger partial charge in [0.15, 0.2) is 0 Å². The third-order valence-electron chi connectivity index (χ3n) is 2.28. The fourth-order valence-electron chi connectivity index (χ4n) is 1.40. The van der Waals surface area contributed by atoms with Crippen molar-refractivity contribution in [1.82, 2.24) is 0 Å². The van der Waals surface area contributed by atoms with E-state index in [2.05, 4.69) is 0 Å². The zero-order valence-corrected chi connectivity index (χ0v) is 10.2. The molecule has 0 amide bonds. The molecule has 0 aliphatic heterocycles. The van der Waals surface area contributed by atoms with Gasteiger partial charge in [0.1, 0.15) is 17.1 Å². The Bertz CT molecular complexity index is 443. The summed E-state index contributed by atoms with van der Waals surface area (Å²) in [6.07, 6.45) is -5.28. The predicted octanol–water partition coefficient (Wildman–Crippen LogP) is 3.11. The predicted molar refractivity (Wildman–Crippen MR) is 60.7 cm³/mol. The normalized spacial score (nSPS) is 11.2. The molecular weight excluding hydrogens is 265 g/mol. The van der Waals surface area contributed by atoms with Crippen LogP contribution in [0.1, 0.15) is 23.2 Å². The van der Waals surface area contributed by atoms with Crippen molar-refractivity contribution in [2.45, 2.75) is 19.0 Å². The highest BCUT2D eigenvalue weighted by Crippen LogP contribution is 2.25. The van der Waals surface area contributed by atoms with Crippen molar-refractivity contribution >= 4 is 5.97 Å². The Hall–Kier alpha value is -1.92. The van der Waals surface area contributed by atoms with Gasteiger partial charge in [0.25, 0.3) is 0 Å². The van der Waals surface area contributed by atoms with Crippen molar-refractivity contribution in [3.63, 3.8) is 0 Å². The Morgan fingerprint density at radius 3 is 2.58 bits per heavy atom. The molecule has 0 spiro atoms. The zero-order valence-electron chi connectivity index (χ0n) is 10.2. The van der Waals surface area contributed by atoms with Crippen molar-refractivity contribution in [2.24, 2.45) is 0 Å². The van der Waals surface area contributed by atoms with E-state index in [9.17, 15) is 18.0 Å². The van der Waals surface area contributed by atoms with Crippen molar-refractivity contribution in [1.29, 1.82) is 0 Å². The van der Waals surface area contributed by atoms with Crippen LogP contribution in [0.5, 0.6) is 11.5 Å². The minimum absolute atomic E-state index is 0.0369. The molecule has 1 aromatic carbocycles. The number of halogens is 3. The molecule has 0 bridgehead atoms. The maximum atomic E-state index is 11.9. The number of carboxylic acids is 1. The van der Waals surface area contributed by atoms with Crippen LogP contribution >= 0.6 is 0 Å². The SMILES string of the molecule is COc1cc(OCCCC(F)(F)F)ccc1C(=O)O. The lowest BCUT2D eigenvalue weighted by Gasteiger charge is -2.10. The second kappa shape index (κ2) is 6.31. The van der Waals surface area contributed by atoms with Gasteiger partial charge in [0.2, 0.25) is 0 Å². The summed E-state index contributed by atoms with van der Waals surface area (Å²) in [6.45, 7) is -0.102. The minimum Gasteiger partial charge on any atom is -0.496 e. The van der Waals surface area contributed by atoms with E-state index in [1.165, 1.54) is 25.3 Å². The summed E-state index contributed by atoms with van der Waals surface area (Å²) >= 11 is 0. The van der Waals surface area contributed by atoms with Crippen LogP contribution in [0.3, 0.4) is 0 Å². The number of hydrogen-bond donors (Lipinski definition) is 1. The van der Waals surface area contributed by atoms with Crippen molar-refractivity contribution in [3.05, 3.63) is 23.8 Å². The molecule has 0 unspecified atom stereocenters. The number of rotatable bonds is 6. The van der Waals surface area contributed by atoms with Crippen LogP contribution in [0.25, 0.3) is 0 Å². The summed E-state index contributed by atoms with van der Waals surface area (Å²) in [7, 11) is 1.30. The summed E-state index contributed by atoms with van der Waals surface area (Å²) in [6, 6.07) is 3.98. The quantitative estimate of drug-likeness (QED) is 0.812. The highest BCUT2D eigenvalue weighted by atomic mass is 19.4. The first-order valence-corrected chi connectivity index (χ1v) is 5.44. The fourth-order valence-corrected chi connectivity index (χ4v) is 1.40. The fraction of sp³-hybridized carbons (Fsp3) is 0.417. The molecule has 0 aliphatic rings. The number of carboxylic acid groups (broad SMARTS) is 1. The van der Waals surface area contributed by atoms with E-state index in [1.807, 2.05) is 0 Å². The molecule has 0 saturated heterocycles. The van der Waals surface area contributed by atoms with E-state index in [0.29, 0.717) is 0 Å². The van der Waals surface area contributed by atoms with Crippen LogP contribution in [0.2, 0.25) is 0 Å². The number of aromatic carboxylic acids is 1. The first-order valence-electron chi connectivity index (χ1n) is 5.44. The van der Waals surface area contributed by atoms with E-state index in [1.54, 1.807) is 0 Å². The molecule has 7 heteroatoms. The second-order valence-electron chi connectivity index (χ2n) is 3.73. The second-order valence-corrected chi connectivity index (χ2v) is 3.73. The molecule has 1 rings (SSSR count). The number of methoxy groups -OCH3 is 1. The van der Waals surface area contributed by atoms with Gasteiger partial charge in [-0.15, -0.1) is 0 Å². The van der Waals surface area contributed by atoms with Gasteiger partial charge in [-0.2, -0.15) is 13.2 Å². The van der Waals surface area contributed by atoms with Crippen molar-refractivity contribution < 1.29 is 32.5 Å². The minimum atomic E-state index is -4.20. The number of hydrogen-bond acceptors (Lipinski definition) is 3. The third-order valence-corrected chi connectivity index (χ3v) is 2.28. The smallest absolute Gasteiger partial charge is 0.389 e. The topological polar surface area (TPSA) is 55.8 Å². The standard InChI is InChI=1S/C12H13F3O4/c1-18-10-7-8(3-4-9(10)11(16)17)19-6-2-5-12(13,14)15/h3-4,7H,2,5-6H2,1H3,(H,16,17). The largest absolute Gasteiger partial charge is 0.496 e. The van der Waals surface area contributed by atoms with Crippen LogP contribution in [-0.2, 0) is 0 Å². The molecule has 4 nitrogen and oxygen atoms in total. The Morgan fingerprint density at radius 1 is 1.37 bits per heavy atom. The Kier molecular flexibility index (Phi) is 5.02. The number of alkyl halides is 3. The summed E-state index contributed by atoms with van der Waals surface area (Å²) in [5.74, 6) is -0.787. The van der Waals surface area contributed by atoms with E-state index < -0.39 is 18.6 Å². The van der Waals surface area contributed by atoms with Crippen LogP contribution in [0, 0.1) is 0 Å². The van der Waals surface area contributed by atoms with Gasteiger partial charge in [0, 0.05) is 12.5 Å². The molecule has 1 aromatic rings. The van der Waals surface area contributed by atoms with E-state index >= 15 is 0 Å². The molecule has 1 N–H and O–H groups in total. The van der Waals surface area contributed by atoms with Crippen LogP contribution < -0.4 is 9.47 Å². The van der Waals surface area contributed by atoms with Gasteiger partial charge in [-0.05, 0) is 18.6 Å². The average molecular weight is 278 g/mol. The van der Waals surface area contributed by atoms with Gasteiger partial charge < -0.3 is 14.6 Å². The highest BCUT2D eigenvalue weighted by Gasteiger charge is 2.26. The molecule has 0 saturated carbocycles. The maximum absolute atomic E-state index is 11.9. The van der Waals surface area contributed by atoms with Crippen LogP contribution in [0.15, 0.2) is 18.2 Å². The van der Waals surface area contributed by atoms with Crippen LogP contribution in [0.4, 0.5) is 13.2 Å². The number of benzene rings is 1. The third kappa shape index (κ3) is 5.07. The van der Waals surface area contributed by atoms with Crippen LogP contribution in [-0.4, -0.2) is 31.0 Å². The first kappa shape index (κ1) is 15.1. The Labute approximate surface area is 107 Å². The summed E-state index contributed by atoms with van der Waals surface area (Å²) in [5, 5.41) is 8.85. The van der Waals surface area contributed by atoms with Crippen molar-refractivity contribution in [3.8, 4) is 11.5 Å². The van der Waals surface area contributed by atoms with Gasteiger partial charge in [0.05, 0.1) is 13.7 Å². The maximum Gasteiger partial charge on any atom is 0.389 e.